The fourth-order valence-corrected chi connectivity index (χ4v) is 8.22. The highest BCUT2D eigenvalue weighted by Gasteiger charge is 2.41. The third-order valence-electron chi connectivity index (χ3n) is 12.0. The number of rotatable bonds is 39. The molecule has 1 saturated carbocycles. The van der Waals surface area contributed by atoms with Crippen molar-refractivity contribution in [2.75, 3.05) is 66.1 Å². The van der Waals surface area contributed by atoms with Gasteiger partial charge in [0.15, 0.2) is 5.78 Å². The second kappa shape index (κ2) is 40.8. The molecule has 2 aliphatic rings. The van der Waals surface area contributed by atoms with Crippen LogP contribution in [-0.4, -0.2) is 106 Å². The number of hydrogen-bond acceptors (Lipinski definition) is 11. The first-order valence-electron chi connectivity index (χ1n) is 25.5. The molecule has 2 unspecified atom stereocenters. The van der Waals surface area contributed by atoms with Crippen LogP contribution in [0.1, 0.15) is 170 Å². The van der Waals surface area contributed by atoms with Gasteiger partial charge in [-0.1, -0.05) is 109 Å². The van der Waals surface area contributed by atoms with E-state index >= 15 is 0 Å². The van der Waals surface area contributed by atoms with Gasteiger partial charge < -0.3 is 38.6 Å². The number of carbonyl (C=O) groups excluding carboxylic acids is 3. The zero-order chi connectivity index (χ0) is 47.0. The Balaban J connectivity index is 0.000000641. The van der Waals surface area contributed by atoms with Crippen LogP contribution in [0.25, 0.3) is 0 Å². The minimum absolute atomic E-state index is 0.0186. The van der Waals surface area contributed by atoms with Crippen LogP contribution in [0.15, 0.2) is 36.5 Å². The van der Waals surface area contributed by atoms with E-state index in [0.29, 0.717) is 59.1 Å². The van der Waals surface area contributed by atoms with Gasteiger partial charge in [-0.25, -0.2) is 0 Å². The van der Waals surface area contributed by atoms with Crippen molar-refractivity contribution < 1.29 is 53.0 Å². The average molecular weight is 907 g/mol. The van der Waals surface area contributed by atoms with Gasteiger partial charge >= 0.3 is 11.9 Å². The quantitative estimate of drug-likeness (QED) is 0.0345. The molecule has 0 heterocycles. The van der Waals surface area contributed by atoms with Crippen molar-refractivity contribution in [1.29, 1.82) is 0 Å². The predicted octanol–water partition coefficient (Wildman–Crippen LogP) is 10.7. The molecule has 0 spiro atoms. The van der Waals surface area contributed by atoms with E-state index in [0.717, 1.165) is 77.4 Å². The molecule has 0 saturated heterocycles. The number of unbranched alkanes of at least 4 members (excludes halogenated alkanes) is 10. The summed E-state index contributed by atoms with van der Waals surface area (Å²) in [5.41, 5.74) is 0. The van der Waals surface area contributed by atoms with Gasteiger partial charge in [-0.2, -0.15) is 0 Å². The highest BCUT2D eigenvalue weighted by atomic mass is 16.5. The largest absolute Gasteiger partial charge is 0.465 e. The van der Waals surface area contributed by atoms with Crippen molar-refractivity contribution in [3.8, 4) is 0 Å². The van der Waals surface area contributed by atoms with E-state index in [1.807, 2.05) is 33.8 Å². The topological polar surface area (TPSA) is 147 Å². The molecule has 6 atom stereocenters. The second-order valence-electron chi connectivity index (χ2n) is 18.3. The number of carbonyl (C=O) groups is 3. The maximum absolute atomic E-state index is 12.2. The standard InChI is InChI=1S/C27H50O6.C26H44O5/c1-4-5-6-8-11-15-31-18-19-32-17-14-24-23(21-28)20-26(29)25(24)13-10-7-9-12-16-33-27(30)22(2)3;1-4-5-6-9-12-18-29-20-21-30-19-17-23-15-16-25(27)24(23)13-10-7-8-11-14-26(28)31-22(2)3/h7,10,22-26,28-29H,4-6,8-9,11-21H2,1-3H3;7,10,15-16,22-24H,4-6,8-9,11-14,17-21H2,1-3H3/b;10-7-/t23-,24-,25?,26-;23-,24?/m01/s1. The van der Waals surface area contributed by atoms with Crippen molar-refractivity contribution in [3.63, 3.8) is 0 Å². The third-order valence-corrected chi connectivity index (χ3v) is 12.0. The molecular weight excluding hydrogens is 813 g/mol. The van der Waals surface area contributed by atoms with Crippen LogP contribution in [0.5, 0.6) is 0 Å². The third kappa shape index (κ3) is 30.7. The summed E-state index contributed by atoms with van der Waals surface area (Å²) < 4.78 is 33.0. The molecule has 372 valence electrons. The van der Waals surface area contributed by atoms with Crippen LogP contribution in [-0.2, 0) is 42.8 Å². The van der Waals surface area contributed by atoms with E-state index in [1.54, 1.807) is 6.08 Å². The van der Waals surface area contributed by atoms with E-state index in [4.69, 9.17) is 28.4 Å². The number of ether oxygens (including phenoxy) is 6. The van der Waals surface area contributed by atoms with Gasteiger partial charge in [0.05, 0.1) is 51.2 Å². The molecule has 0 bridgehead atoms. The Bertz CT molecular complexity index is 1230. The Kier molecular flexibility index (Phi) is 38.0. The molecule has 2 N–H and O–H groups in total. The van der Waals surface area contributed by atoms with Crippen molar-refractivity contribution >= 4 is 17.7 Å². The van der Waals surface area contributed by atoms with E-state index < -0.39 is 0 Å². The fraction of sp³-hybridized carbons (Fsp3) is 0.830. The Hall–Kier alpha value is -2.41. The molecule has 0 aromatic rings. The molecule has 11 heteroatoms. The molecule has 2 rings (SSSR count). The van der Waals surface area contributed by atoms with E-state index in [-0.39, 0.29) is 72.0 Å². The zero-order valence-corrected chi connectivity index (χ0v) is 41.4. The zero-order valence-electron chi connectivity index (χ0n) is 41.4. The predicted molar refractivity (Wildman–Crippen MR) is 257 cm³/mol. The maximum atomic E-state index is 12.2. The molecule has 0 radical (unpaired) electrons. The van der Waals surface area contributed by atoms with Gasteiger partial charge in [-0.3, -0.25) is 14.4 Å². The number of hydrogen-bond donors (Lipinski definition) is 2. The van der Waals surface area contributed by atoms with Gasteiger partial charge in [0.25, 0.3) is 0 Å². The van der Waals surface area contributed by atoms with E-state index in [9.17, 15) is 24.6 Å². The van der Waals surface area contributed by atoms with Crippen LogP contribution in [0.3, 0.4) is 0 Å². The minimum Gasteiger partial charge on any atom is -0.465 e. The van der Waals surface area contributed by atoms with Gasteiger partial charge in [-0.15, -0.1) is 0 Å². The summed E-state index contributed by atoms with van der Waals surface area (Å²) in [6.07, 6.45) is 31.8. The molecule has 11 nitrogen and oxygen atoms in total. The van der Waals surface area contributed by atoms with Crippen molar-refractivity contribution in [2.45, 2.75) is 182 Å². The molecule has 1 fully saturated rings. The normalized spacial score (nSPS) is 20.9. The number of esters is 2. The van der Waals surface area contributed by atoms with Crippen LogP contribution in [0.4, 0.5) is 0 Å². The number of aliphatic hydroxyl groups is 2. The summed E-state index contributed by atoms with van der Waals surface area (Å²) in [7, 11) is 0. The lowest BCUT2D eigenvalue weighted by Gasteiger charge is -2.24. The number of ketones is 1. The molecule has 2 aliphatic carbocycles. The van der Waals surface area contributed by atoms with Gasteiger partial charge in [0.1, 0.15) is 0 Å². The number of allylic oxidation sites excluding steroid dienone is 6. The Morgan fingerprint density at radius 2 is 1.23 bits per heavy atom. The summed E-state index contributed by atoms with van der Waals surface area (Å²) >= 11 is 0. The lowest BCUT2D eigenvalue weighted by molar-refractivity contribution is -0.148. The monoisotopic (exact) mass is 907 g/mol. The molecule has 0 aromatic carbocycles. The average Bonchev–Trinajstić information content (AvgIpc) is 3.78. The minimum atomic E-state index is -0.375. The van der Waals surface area contributed by atoms with Gasteiger partial charge in [0.2, 0.25) is 0 Å². The summed E-state index contributed by atoms with van der Waals surface area (Å²) in [5.74, 6) is 0.651. The molecule has 64 heavy (non-hydrogen) atoms. The highest BCUT2D eigenvalue weighted by molar-refractivity contribution is 5.94. The van der Waals surface area contributed by atoms with Gasteiger partial charge in [-0.05, 0) is 114 Å². The summed E-state index contributed by atoms with van der Waals surface area (Å²) in [4.78, 5) is 35.1. The van der Waals surface area contributed by atoms with Crippen molar-refractivity contribution in [3.05, 3.63) is 36.5 Å². The number of aliphatic hydroxyl groups excluding tert-OH is 2. The maximum Gasteiger partial charge on any atom is 0.308 e. The Labute approximate surface area is 389 Å². The SMILES string of the molecule is CCCCCCCOCCOCC[C@@H]1C(CC=CCCCOC(=O)C(C)C)[C@@H](O)C[C@H]1CO.CCCCCCCOCCOCC[C@H]1C=CC(=O)C1C/C=C\CCCC(=O)OC(C)C. The molecular formula is C53H94O11. The van der Waals surface area contributed by atoms with Crippen LogP contribution >= 0.6 is 0 Å². The first kappa shape index (κ1) is 59.6. The molecule has 0 aliphatic heterocycles. The van der Waals surface area contributed by atoms with Crippen LogP contribution in [0.2, 0.25) is 0 Å². The summed E-state index contributed by atoms with van der Waals surface area (Å²) in [6.45, 7) is 17.8. The lowest BCUT2D eigenvalue weighted by Crippen LogP contribution is -2.23. The lowest BCUT2D eigenvalue weighted by atomic mass is 9.84. The second-order valence-corrected chi connectivity index (χ2v) is 18.3. The summed E-state index contributed by atoms with van der Waals surface area (Å²) in [5, 5.41) is 20.3. The highest BCUT2D eigenvalue weighted by Crippen LogP contribution is 2.41. The Morgan fingerprint density at radius 1 is 0.672 bits per heavy atom. The van der Waals surface area contributed by atoms with E-state index in [1.165, 1.54) is 51.4 Å². The van der Waals surface area contributed by atoms with Crippen LogP contribution < -0.4 is 0 Å². The Morgan fingerprint density at radius 3 is 1.81 bits per heavy atom. The summed E-state index contributed by atoms with van der Waals surface area (Å²) in [6, 6.07) is 0. The molecule has 0 amide bonds. The molecule has 0 aromatic heterocycles. The fourth-order valence-electron chi connectivity index (χ4n) is 8.22. The first-order valence-corrected chi connectivity index (χ1v) is 25.5. The van der Waals surface area contributed by atoms with Crippen molar-refractivity contribution in [1.82, 2.24) is 0 Å². The first-order chi connectivity index (χ1) is 31.0. The smallest absolute Gasteiger partial charge is 0.308 e. The van der Waals surface area contributed by atoms with Crippen LogP contribution in [0, 0.1) is 35.5 Å². The van der Waals surface area contributed by atoms with Crippen molar-refractivity contribution in [2.24, 2.45) is 35.5 Å². The van der Waals surface area contributed by atoms with E-state index in [2.05, 4.69) is 38.2 Å². The van der Waals surface area contributed by atoms with Gasteiger partial charge in [0, 0.05) is 45.4 Å².